The van der Waals surface area contributed by atoms with Crippen LogP contribution in [0.15, 0.2) is 46.9 Å². The molecular formula is C15H16BrClN2. The molecule has 0 bridgehead atoms. The summed E-state index contributed by atoms with van der Waals surface area (Å²) in [5.41, 5.74) is 9.04. The van der Waals surface area contributed by atoms with Crippen LogP contribution in [0, 0.1) is 0 Å². The summed E-state index contributed by atoms with van der Waals surface area (Å²) in [6.45, 7) is 1.76. The summed E-state index contributed by atoms with van der Waals surface area (Å²) in [4.78, 5) is 2.25. The number of nitrogen functional groups attached to an aromatic ring is 1. The van der Waals surface area contributed by atoms with Crippen LogP contribution >= 0.6 is 27.5 Å². The maximum atomic E-state index is 5.88. The van der Waals surface area contributed by atoms with Gasteiger partial charge in [0.15, 0.2) is 0 Å². The van der Waals surface area contributed by atoms with Crippen molar-refractivity contribution in [2.24, 2.45) is 0 Å². The summed E-state index contributed by atoms with van der Waals surface area (Å²) in [5.74, 6) is 0. The molecule has 0 heterocycles. The Morgan fingerprint density at radius 3 is 2.26 bits per heavy atom. The van der Waals surface area contributed by atoms with E-state index in [4.69, 9.17) is 17.3 Å². The van der Waals surface area contributed by atoms with Gasteiger partial charge < -0.3 is 5.73 Å². The van der Waals surface area contributed by atoms with Crippen LogP contribution in [-0.4, -0.2) is 11.9 Å². The monoisotopic (exact) mass is 338 g/mol. The highest BCUT2D eigenvalue weighted by Gasteiger charge is 2.04. The first kappa shape index (κ1) is 14.4. The van der Waals surface area contributed by atoms with E-state index in [2.05, 4.69) is 52.1 Å². The first-order valence-corrected chi connectivity index (χ1v) is 7.18. The maximum Gasteiger partial charge on any atom is 0.0458 e. The summed E-state index contributed by atoms with van der Waals surface area (Å²) in [6.07, 6.45) is 0. The molecule has 2 aromatic rings. The van der Waals surface area contributed by atoms with E-state index >= 15 is 0 Å². The summed E-state index contributed by atoms with van der Waals surface area (Å²) in [5, 5.41) is 0.772. The zero-order valence-electron chi connectivity index (χ0n) is 10.7. The highest BCUT2D eigenvalue weighted by atomic mass is 79.9. The van der Waals surface area contributed by atoms with E-state index in [0.29, 0.717) is 0 Å². The van der Waals surface area contributed by atoms with Gasteiger partial charge >= 0.3 is 0 Å². The van der Waals surface area contributed by atoms with Crippen molar-refractivity contribution in [1.82, 2.24) is 4.90 Å². The molecule has 0 spiro atoms. The lowest BCUT2D eigenvalue weighted by Gasteiger charge is -2.17. The third kappa shape index (κ3) is 4.23. The SMILES string of the molecule is CN(Cc1ccc(Cl)cc1)Cc1ccc(N)c(Br)c1. The molecule has 0 fully saturated rings. The summed E-state index contributed by atoms with van der Waals surface area (Å²) >= 11 is 9.33. The van der Waals surface area contributed by atoms with Crippen molar-refractivity contribution in [1.29, 1.82) is 0 Å². The highest BCUT2D eigenvalue weighted by Crippen LogP contribution is 2.21. The number of hydrogen-bond acceptors (Lipinski definition) is 2. The average Bonchev–Trinajstić information content (AvgIpc) is 2.37. The molecule has 2 aromatic carbocycles. The minimum absolute atomic E-state index is 0.768. The summed E-state index contributed by atoms with van der Waals surface area (Å²) in [7, 11) is 2.10. The molecular weight excluding hydrogens is 324 g/mol. The van der Waals surface area contributed by atoms with Gasteiger partial charge in [-0.1, -0.05) is 29.8 Å². The second-order valence-electron chi connectivity index (χ2n) is 4.65. The number of anilines is 1. The number of halogens is 2. The lowest BCUT2D eigenvalue weighted by atomic mass is 10.1. The normalized spacial score (nSPS) is 10.9. The van der Waals surface area contributed by atoms with E-state index < -0.39 is 0 Å². The Morgan fingerprint density at radius 1 is 1.05 bits per heavy atom. The first-order chi connectivity index (χ1) is 9.04. The van der Waals surface area contributed by atoms with Crippen molar-refractivity contribution in [2.75, 3.05) is 12.8 Å². The fraction of sp³-hybridized carbons (Fsp3) is 0.200. The quantitative estimate of drug-likeness (QED) is 0.841. The average molecular weight is 340 g/mol. The van der Waals surface area contributed by atoms with Crippen LogP contribution in [0.25, 0.3) is 0 Å². The van der Waals surface area contributed by atoms with Crippen LogP contribution in [0.4, 0.5) is 5.69 Å². The first-order valence-electron chi connectivity index (χ1n) is 6.01. The van der Waals surface area contributed by atoms with Gasteiger partial charge in [0, 0.05) is 28.3 Å². The molecule has 0 atom stereocenters. The van der Waals surface area contributed by atoms with Crippen molar-refractivity contribution in [3.05, 3.63) is 63.1 Å². The largest absolute Gasteiger partial charge is 0.398 e. The van der Waals surface area contributed by atoms with Gasteiger partial charge in [0.05, 0.1) is 0 Å². The second kappa shape index (κ2) is 6.42. The number of benzene rings is 2. The number of hydrogen-bond donors (Lipinski definition) is 1. The molecule has 100 valence electrons. The lowest BCUT2D eigenvalue weighted by molar-refractivity contribution is 0.319. The number of nitrogens with two attached hydrogens (primary N) is 1. The van der Waals surface area contributed by atoms with Crippen LogP contribution in [-0.2, 0) is 13.1 Å². The molecule has 0 saturated carbocycles. The molecule has 0 aliphatic rings. The molecule has 0 radical (unpaired) electrons. The molecule has 0 amide bonds. The molecule has 0 aliphatic carbocycles. The number of rotatable bonds is 4. The van der Waals surface area contributed by atoms with Gasteiger partial charge in [-0.3, -0.25) is 4.90 Å². The standard InChI is InChI=1S/C15H16BrClN2/c1-19(9-11-2-5-13(17)6-3-11)10-12-4-7-15(18)14(16)8-12/h2-8H,9-10,18H2,1H3. The van der Waals surface area contributed by atoms with Crippen molar-refractivity contribution in [3.63, 3.8) is 0 Å². The maximum absolute atomic E-state index is 5.88. The Morgan fingerprint density at radius 2 is 1.63 bits per heavy atom. The number of nitrogens with zero attached hydrogens (tertiary/aromatic N) is 1. The molecule has 0 aromatic heterocycles. The Balaban J connectivity index is 1.98. The van der Waals surface area contributed by atoms with Crippen molar-refractivity contribution in [2.45, 2.75) is 13.1 Å². The van der Waals surface area contributed by atoms with Gasteiger partial charge in [-0.05, 0) is 58.4 Å². The Labute approximate surface area is 127 Å². The van der Waals surface area contributed by atoms with E-state index in [1.165, 1.54) is 11.1 Å². The molecule has 2 rings (SSSR count). The lowest BCUT2D eigenvalue weighted by Crippen LogP contribution is -2.17. The predicted molar refractivity (Wildman–Crippen MR) is 85.2 cm³/mol. The van der Waals surface area contributed by atoms with Crippen LogP contribution < -0.4 is 5.73 Å². The third-order valence-electron chi connectivity index (χ3n) is 2.88. The van der Waals surface area contributed by atoms with Crippen LogP contribution in [0.1, 0.15) is 11.1 Å². The minimum atomic E-state index is 0.768. The smallest absolute Gasteiger partial charge is 0.0458 e. The third-order valence-corrected chi connectivity index (χ3v) is 3.82. The van der Waals surface area contributed by atoms with Crippen molar-refractivity contribution >= 4 is 33.2 Å². The van der Waals surface area contributed by atoms with Gasteiger partial charge in [0.1, 0.15) is 0 Å². The molecule has 0 saturated heterocycles. The zero-order valence-corrected chi connectivity index (χ0v) is 13.1. The van der Waals surface area contributed by atoms with Gasteiger partial charge in [-0.2, -0.15) is 0 Å². The second-order valence-corrected chi connectivity index (χ2v) is 5.95. The molecule has 0 unspecified atom stereocenters. The Kier molecular flexibility index (Phi) is 4.86. The van der Waals surface area contributed by atoms with E-state index in [9.17, 15) is 0 Å². The highest BCUT2D eigenvalue weighted by molar-refractivity contribution is 9.10. The van der Waals surface area contributed by atoms with E-state index in [-0.39, 0.29) is 0 Å². The molecule has 19 heavy (non-hydrogen) atoms. The fourth-order valence-electron chi connectivity index (χ4n) is 1.94. The van der Waals surface area contributed by atoms with Crippen LogP contribution in [0.5, 0.6) is 0 Å². The molecule has 0 aliphatic heterocycles. The Hall–Kier alpha value is -1.03. The Bertz CT molecular complexity index is 555. The minimum Gasteiger partial charge on any atom is -0.398 e. The fourth-order valence-corrected chi connectivity index (χ4v) is 2.49. The van der Waals surface area contributed by atoms with E-state index in [1.807, 2.05) is 18.2 Å². The van der Waals surface area contributed by atoms with E-state index in [0.717, 1.165) is 28.3 Å². The van der Waals surface area contributed by atoms with Crippen LogP contribution in [0.2, 0.25) is 5.02 Å². The molecule has 4 heteroatoms. The summed E-state index contributed by atoms with van der Waals surface area (Å²) < 4.78 is 0.949. The van der Waals surface area contributed by atoms with Crippen molar-refractivity contribution < 1.29 is 0 Å². The van der Waals surface area contributed by atoms with Crippen LogP contribution in [0.3, 0.4) is 0 Å². The van der Waals surface area contributed by atoms with E-state index in [1.54, 1.807) is 0 Å². The molecule has 2 N–H and O–H groups in total. The zero-order chi connectivity index (χ0) is 13.8. The molecule has 2 nitrogen and oxygen atoms in total. The van der Waals surface area contributed by atoms with Gasteiger partial charge in [0.2, 0.25) is 0 Å². The van der Waals surface area contributed by atoms with Crippen molar-refractivity contribution in [3.8, 4) is 0 Å². The van der Waals surface area contributed by atoms with Gasteiger partial charge in [-0.25, -0.2) is 0 Å². The summed E-state index contributed by atoms with van der Waals surface area (Å²) in [6, 6.07) is 14.0. The van der Waals surface area contributed by atoms with Gasteiger partial charge in [0.25, 0.3) is 0 Å². The predicted octanol–water partition coefficient (Wildman–Crippen LogP) is 4.32. The van der Waals surface area contributed by atoms with Gasteiger partial charge in [-0.15, -0.1) is 0 Å². The topological polar surface area (TPSA) is 29.3 Å².